The van der Waals surface area contributed by atoms with Crippen molar-refractivity contribution in [3.63, 3.8) is 0 Å². The Labute approximate surface area is 178 Å². The fourth-order valence-electron chi connectivity index (χ4n) is 3.68. The molecule has 1 atom stereocenters. The molecule has 0 aliphatic carbocycles. The summed E-state index contributed by atoms with van der Waals surface area (Å²) in [6.07, 6.45) is 0.483. The SMILES string of the molecule is CC(=O)N(Cc1ccccc1)[C@H](Cc1ccccc1)C(=O)NCCN1CCOCC1. The minimum absolute atomic E-state index is 0.108. The minimum atomic E-state index is -0.560. The van der Waals surface area contributed by atoms with Gasteiger partial charge >= 0.3 is 0 Å². The van der Waals surface area contributed by atoms with Gasteiger partial charge in [0.25, 0.3) is 0 Å². The maximum absolute atomic E-state index is 13.2. The van der Waals surface area contributed by atoms with Gasteiger partial charge in [0.15, 0.2) is 0 Å². The Morgan fingerprint density at radius 2 is 1.60 bits per heavy atom. The van der Waals surface area contributed by atoms with Crippen molar-refractivity contribution < 1.29 is 14.3 Å². The highest BCUT2D eigenvalue weighted by Crippen LogP contribution is 2.14. The smallest absolute Gasteiger partial charge is 0.243 e. The topological polar surface area (TPSA) is 61.9 Å². The molecule has 3 rings (SSSR count). The summed E-state index contributed by atoms with van der Waals surface area (Å²) in [6, 6.07) is 19.1. The highest BCUT2D eigenvalue weighted by Gasteiger charge is 2.28. The Morgan fingerprint density at radius 1 is 1.00 bits per heavy atom. The molecule has 2 amide bonds. The number of nitrogens with zero attached hydrogens (tertiary/aromatic N) is 2. The summed E-state index contributed by atoms with van der Waals surface area (Å²) in [5, 5.41) is 3.06. The third kappa shape index (κ3) is 6.68. The lowest BCUT2D eigenvalue weighted by molar-refractivity contribution is -0.139. The third-order valence-corrected chi connectivity index (χ3v) is 5.38. The predicted octanol–water partition coefficient (Wildman–Crippen LogP) is 2.09. The molecule has 1 heterocycles. The van der Waals surface area contributed by atoms with Gasteiger partial charge in [-0.25, -0.2) is 0 Å². The van der Waals surface area contributed by atoms with Gasteiger partial charge in [-0.2, -0.15) is 0 Å². The standard InChI is InChI=1S/C24H31N3O3/c1-20(28)27(19-22-10-6-3-7-11-22)23(18-21-8-4-2-5-9-21)24(29)25-12-13-26-14-16-30-17-15-26/h2-11,23H,12-19H2,1H3,(H,25,29)/t23-/m1/s1. The molecule has 0 saturated carbocycles. The highest BCUT2D eigenvalue weighted by molar-refractivity contribution is 5.87. The quantitative estimate of drug-likeness (QED) is 0.689. The molecule has 2 aromatic carbocycles. The van der Waals surface area contributed by atoms with Crippen LogP contribution in [0.25, 0.3) is 0 Å². The lowest BCUT2D eigenvalue weighted by Crippen LogP contribution is -2.51. The summed E-state index contributed by atoms with van der Waals surface area (Å²) in [5.74, 6) is -0.221. The number of ether oxygens (including phenoxy) is 1. The molecule has 30 heavy (non-hydrogen) atoms. The molecule has 6 heteroatoms. The van der Waals surface area contributed by atoms with Crippen LogP contribution in [0.3, 0.4) is 0 Å². The summed E-state index contributed by atoms with van der Waals surface area (Å²) in [6.45, 7) is 6.52. The van der Waals surface area contributed by atoms with Crippen LogP contribution in [0.4, 0.5) is 0 Å². The summed E-state index contributed by atoms with van der Waals surface area (Å²) in [5.41, 5.74) is 2.04. The average molecular weight is 410 g/mol. The molecule has 0 spiro atoms. The molecular formula is C24H31N3O3. The van der Waals surface area contributed by atoms with Gasteiger partial charge < -0.3 is 15.0 Å². The summed E-state index contributed by atoms with van der Waals surface area (Å²) >= 11 is 0. The van der Waals surface area contributed by atoms with Crippen LogP contribution in [-0.4, -0.2) is 67.0 Å². The van der Waals surface area contributed by atoms with Crippen LogP contribution >= 0.6 is 0 Å². The lowest BCUT2D eigenvalue weighted by Gasteiger charge is -2.31. The Kier molecular flexibility index (Phi) is 8.41. The van der Waals surface area contributed by atoms with Gasteiger partial charge in [0, 0.05) is 46.1 Å². The van der Waals surface area contributed by atoms with Crippen molar-refractivity contribution in [3.05, 3.63) is 71.8 Å². The van der Waals surface area contributed by atoms with Crippen molar-refractivity contribution in [2.45, 2.75) is 25.9 Å². The second-order valence-corrected chi connectivity index (χ2v) is 7.58. The van der Waals surface area contributed by atoms with Crippen molar-refractivity contribution in [2.75, 3.05) is 39.4 Å². The molecule has 0 radical (unpaired) electrons. The van der Waals surface area contributed by atoms with E-state index in [-0.39, 0.29) is 11.8 Å². The first-order valence-electron chi connectivity index (χ1n) is 10.6. The molecule has 1 fully saturated rings. The monoisotopic (exact) mass is 409 g/mol. The second-order valence-electron chi connectivity index (χ2n) is 7.58. The van der Waals surface area contributed by atoms with Crippen molar-refractivity contribution in [1.29, 1.82) is 0 Å². The Hall–Kier alpha value is -2.70. The summed E-state index contributed by atoms with van der Waals surface area (Å²) in [7, 11) is 0. The first-order valence-corrected chi connectivity index (χ1v) is 10.6. The van der Waals surface area contributed by atoms with Gasteiger partial charge in [0.05, 0.1) is 13.2 Å². The molecule has 0 bridgehead atoms. The van der Waals surface area contributed by atoms with Crippen molar-refractivity contribution in [2.24, 2.45) is 0 Å². The normalized spacial score (nSPS) is 15.4. The molecule has 1 saturated heterocycles. The lowest BCUT2D eigenvalue weighted by atomic mass is 10.0. The Bertz CT molecular complexity index is 792. The van der Waals surface area contributed by atoms with E-state index < -0.39 is 6.04 Å². The van der Waals surface area contributed by atoms with Crippen LogP contribution in [0, 0.1) is 0 Å². The van der Waals surface area contributed by atoms with Crippen LogP contribution in [0.1, 0.15) is 18.1 Å². The summed E-state index contributed by atoms with van der Waals surface area (Å²) in [4.78, 5) is 29.7. The molecule has 1 aliphatic rings. The van der Waals surface area contributed by atoms with E-state index >= 15 is 0 Å². The average Bonchev–Trinajstić information content (AvgIpc) is 2.78. The van der Waals surface area contributed by atoms with Crippen LogP contribution in [-0.2, 0) is 27.3 Å². The van der Waals surface area contributed by atoms with E-state index in [0.717, 1.165) is 44.0 Å². The van der Waals surface area contributed by atoms with E-state index in [1.165, 1.54) is 6.92 Å². The van der Waals surface area contributed by atoms with Crippen LogP contribution in [0.2, 0.25) is 0 Å². The van der Waals surface area contributed by atoms with E-state index in [4.69, 9.17) is 4.74 Å². The van der Waals surface area contributed by atoms with Crippen molar-refractivity contribution in [1.82, 2.24) is 15.1 Å². The molecular weight excluding hydrogens is 378 g/mol. The minimum Gasteiger partial charge on any atom is -0.379 e. The molecule has 1 aliphatic heterocycles. The number of benzene rings is 2. The van der Waals surface area contributed by atoms with Crippen LogP contribution < -0.4 is 5.32 Å². The molecule has 0 unspecified atom stereocenters. The molecule has 6 nitrogen and oxygen atoms in total. The first-order chi connectivity index (χ1) is 14.6. The van der Waals surface area contributed by atoms with E-state index in [1.807, 2.05) is 60.7 Å². The fraction of sp³-hybridized carbons (Fsp3) is 0.417. The van der Waals surface area contributed by atoms with Gasteiger partial charge in [-0.3, -0.25) is 14.5 Å². The van der Waals surface area contributed by atoms with Crippen LogP contribution in [0.15, 0.2) is 60.7 Å². The van der Waals surface area contributed by atoms with Gasteiger partial charge in [-0.15, -0.1) is 0 Å². The number of amides is 2. The fourth-order valence-corrected chi connectivity index (χ4v) is 3.68. The van der Waals surface area contributed by atoms with Crippen molar-refractivity contribution >= 4 is 11.8 Å². The summed E-state index contributed by atoms with van der Waals surface area (Å²) < 4.78 is 5.37. The molecule has 160 valence electrons. The second kappa shape index (κ2) is 11.5. The largest absolute Gasteiger partial charge is 0.379 e. The van der Waals surface area contributed by atoms with E-state index in [2.05, 4.69) is 10.2 Å². The Balaban J connectivity index is 1.70. The number of nitrogens with one attached hydrogen (secondary N) is 1. The maximum atomic E-state index is 13.2. The number of hydrogen-bond donors (Lipinski definition) is 1. The van der Waals surface area contributed by atoms with Crippen LogP contribution in [0.5, 0.6) is 0 Å². The highest BCUT2D eigenvalue weighted by atomic mass is 16.5. The maximum Gasteiger partial charge on any atom is 0.243 e. The molecule has 0 aromatic heterocycles. The zero-order chi connectivity index (χ0) is 21.2. The van der Waals surface area contributed by atoms with E-state index in [1.54, 1.807) is 4.90 Å². The number of rotatable bonds is 9. The first kappa shape index (κ1) is 22.0. The number of morpholine rings is 1. The number of carbonyl (C=O) groups is 2. The third-order valence-electron chi connectivity index (χ3n) is 5.38. The van der Waals surface area contributed by atoms with E-state index in [9.17, 15) is 9.59 Å². The number of carbonyl (C=O) groups excluding carboxylic acids is 2. The number of hydrogen-bond acceptors (Lipinski definition) is 4. The van der Waals surface area contributed by atoms with E-state index in [0.29, 0.717) is 19.5 Å². The zero-order valence-corrected chi connectivity index (χ0v) is 17.6. The Morgan fingerprint density at radius 3 is 2.20 bits per heavy atom. The van der Waals surface area contributed by atoms with Crippen molar-refractivity contribution in [3.8, 4) is 0 Å². The van der Waals surface area contributed by atoms with Gasteiger partial charge in [-0.05, 0) is 11.1 Å². The molecule has 2 aromatic rings. The zero-order valence-electron chi connectivity index (χ0n) is 17.6. The predicted molar refractivity (Wildman–Crippen MR) is 117 cm³/mol. The molecule has 1 N–H and O–H groups in total. The van der Waals surface area contributed by atoms with Gasteiger partial charge in [-0.1, -0.05) is 60.7 Å². The van der Waals surface area contributed by atoms with Gasteiger partial charge in [0.2, 0.25) is 11.8 Å². The van der Waals surface area contributed by atoms with Gasteiger partial charge in [0.1, 0.15) is 6.04 Å².